The molecule has 1 aromatic carbocycles. The number of halogens is 1. The lowest BCUT2D eigenvalue weighted by Crippen LogP contribution is -2.57. The molecule has 3 rings (SSSR count). The Hall–Kier alpha value is -1.60. The van der Waals surface area contributed by atoms with E-state index in [2.05, 4.69) is 15.2 Å². The number of nitrogens with two attached hydrogens (primary N) is 1. The zero-order valence-electron chi connectivity index (χ0n) is 16.8. The number of carbonyl (C=O) groups excluding carboxylic acids is 1. The first-order valence-corrected chi connectivity index (χ1v) is 10.7. The van der Waals surface area contributed by atoms with Gasteiger partial charge in [0.25, 0.3) is 0 Å². The Morgan fingerprint density at radius 2 is 1.93 bits per heavy atom. The van der Waals surface area contributed by atoms with E-state index in [-0.39, 0.29) is 41.0 Å². The first-order chi connectivity index (χ1) is 13.0. The molecule has 2 aliphatic rings. The highest BCUT2D eigenvalue weighted by molar-refractivity contribution is 14.0. The second-order valence-corrected chi connectivity index (χ2v) is 9.54. The molecule has 0 spiro atoms. The third-order valence-corrected chi connectivity index (χ3v) is 5.49. The van der Waals surface area contributed by atoms with Crippen LogP contribution in [0.1, 0.15) is 26.3 Å². The van der Waals surface area contributed by atoms with Crippen molar-refractivity contribution < 1.29 is 17.9 Å². The Kier molecular flexibility index (Phi) is 7.38. The van der Waals surface area contributed by atoms with E-state index < -0.39 is 15.6 Å². The van der Waals surface area contributed by atoms with Gasteiger partial charge in [0.1, 0.15) is 5.60 Å². The van der Waals surface area contributed by atoms with E-state index in [0.29, 0.717) is 32.7 Å². The number of hydrogen-bond donors (Lipinski definition) is 2. The SMILES string of the molecule is CC(C)(C)OC(=O)N1CCN2C(NCc3ccc(S(N)(=O)=O)cc3)=NCC2C1.I. The number of sulfonamides is 1. The third-order valence-electron chi connectivity index (χ3n) is 4.56. The van der Waals surface area contributed by atoms with Crippen LogP contribution in [-0.4, -0.2) is 68.1 Å². The van der Waals surface area contributed by atoms with Crippen molar-refractivity contribution in [1.29, 1.82) is 0 Å². The van der Waals surface area contributed by atoms with Crippen LogP contribution in [-0.2, 0) is 21.3 Å². The smallest absolute Gasteiger partial charge is 0.410 e. The average Bonchev–Trinajstić information content (AvgIpc) is 3.00. The van der Waals surface area contributed by atoms with Crippen LogP contribution in [0.2, 0.25) is 0 Å². The molecule has 0 saturated carbocycles. The molecule has 0 aromatic heterocycles. The second-order valence-electron chi connectivity index (χ2n) is 7.98. The molecule has 1 unspecified atom stereocenters. The maximum absolute atomic E-state index is 12.3. The quantitative estimate of drug-likeness (QED) is 0.563. The van der Waals surface area contributed by atoms with Crippen LogP contribution in [0.3, 0.4) is 0 Å². The Bertz CT molecular complexity index is 867. The van der Waals surface area contributed by atoms with E-state index in [9.17, 15) is 13.2 Å². The molecule has 11 heteroatoms. The zero-order chi connectivity index (χ0) is 20.5. The van der Waals surface area contributed by atoms with Crippen molar-refractivity contribution >= 4 is 46.1 Å². The molecule has 3 N–H and O–H groups in total. The van der Waals surface area contributed by atoms with E-state index in [1.54, 1.807) is 17.0 Å². The number of hydrogen-bond acceptors (Lipinski definition) is 7. The van der Waals surface area contributed by atoms with Crippen molar-refractivity contribution in [2.75, 3.05) is 26.2 Å². The average molecular weight is 537 g/mol. The number of ether oxygens (including phenoxy) is 1. The number of piperazine rings is 1. The molecule has 1 fully saturated rings. The van der Waals surface area contributed by atoms with E-state index in [1.165, 1.54) is 12.1 Å². The van der Waals surface area contributed by atoms with Crippen LogP contribution in [0.15, 0.2) is 34.2 Å². The largest absolute Gasteiger partial charge is 0.444 e. The summed E-state index contributed by atoms with van der Waals surface area (Å²) in [5.41, 5.74) is 0.414. The van der Waals surface area contributed by atoms with Crippen molar-refractivity contribution in [1.82, 2.24) is 15.1 Å². The summed E-state index contributed by atoms with van der Waals surface area (Å²) in [6.07, 6.45) is -0.288. The number of nitrogens with zero attached hydrogens (tertiary/aromatic N) is 3. The van der Waals surface area contributed by atoms with Gasteiger partial charge in [0.2, 0.25) is 10.0 Å². The van der Waals surface area contributed by atoms with Gasteiger partial charge < -0.3 is 19.9 Å². The van der Waals surface area contributed by atoms with Gasteiger partial charge in [0.05, 0.1) is 17.5 Å². The Balaban J connectivity index is 0.00000300. The number of fused-ring (bicyclic) bond motifs is 1. The minimum absolute atomic E-state index is 0. The molecule has 1 saturated heterocycles. The fourth-order valence-corrected chi connectivity index (χ4v) is 3.72. The van der Waals surface area contributed by atoms with Crippen LogP contribution in [0, 0.1) is 0 Å². The monoisotopic (exact) mass is 537 g/mol. The summed E-state index contributed by atoms with van der Waals surface area (Å²) in [5, 5.41) is 8.41. The number of nitrogens with one attached hydrogen (secondary N) is 1. The predicted molar refractivity (Wildman–Crippen MR) is 121 cm³/mol. The maximum atomic E-state index is 12.3. The summed E-state index contributed by atoms with van der Waals surface area (Å²) in [7, 11) is -3.68. The highest BCUT2D eigenvalue weighted by atomic mass is 127. The lowest BCUT2D eigenvalue weighted by Gasteiger charge is -2.39. The summed E-state index contributed by atoms with van der Waals surface area (Å²) in [6, 6.07) is 6.56. The molecule has 2 aliphatic heterocycles. The summed E-state index contributed by atoms with van der Waals surface area (Å²) in [5.74, 6) is 0.796. The van der Waals surface area contributed by atoms with E-state index in [1.807, 2.05) is 20.8 Å². The van der Waals surface area contributed by atoms with Gasteiger partial charge in [-0.3, -0.25) is 4.99 Å². The number of benzene rings is 1. The minimum Gasteiger partial charge on any atom is -0.444 e. The number of carbonyl (C=O) groups is 1. The summed E-state index contributed by atoms with van der Waals surface area (Å²) in [6.45, 7) is 8.54. The zero-order valence-corrected chi connectivity index (χ0v) is 19.9. The number of amides is 1. The van der Waals surface area contributed by atoms with Gasteiger partial charge in [0.15, 0.2) is 5.96 Å². The van der Waals surface area contributed by atoms with Crippen LogP contribution < -0.4 is 10.5 Å². The van der Waals surface area contributed by atoms with Gasteiger partial charge in [-0.15, -0.1) is 24.0 Å². The standard InChI is InChI=1S/C18H27N5O4S.HI/c1-18(2,3)27-17(24)22-8-9-23-14(12-22)11-21-16(23)20-10-13-4-6-15(7-5-13)28(19,25)26;/h4-7,14H,8-12H2,1-3H3,(H,20,21)(H2,19,25,26);1H. The highest BCUT2D eigenvalue weighted by Crippen LogP contribution is 2.19. The molecule has 9 nitrogen and oxygen atoms in total. The second kappa shape index (κ2) is 9.04. The highest BCUT2D eigenvalue weighted by Gasteiger charge is 2.36. The van der Waals surface area contributed by atoms with Crippen molar-refractivity contribution in [3.8, 4) is 0 Å². The van der Waals surface area contributed by atoms with Gasteiger partial charge in [-0.1, -0.05) is 12.1 Å². The topological polar surface area (TPSA) is 117 Å². The minimum atomic E-state index is -3.68. The van der Waals surface area contributed by atoms with Gasteiger partial charge in [-0.2, -0.15) is 0 Å². The van der Waals surface area contributed by atoms with Crippen LogP contribution in [0.25, 0.3) is 0 Å². The molecule has 0 aliphatic carbocycles. The molecule has 162 valence electrons. The fourth-order valence-electron chi connectivity index (χ4n) is 3.20. The van der Waals surface area contributed by atoms with Crippen LogP contribution >= 0.6 is 24.0 Å². The lowest BCUT2D eigenvalue weighted by molar-refractivity contribution is 0.0137. The Labute approximate surface area is 188 Å². The first-order valence-electron chi connectivity index (χ1n) is 9.17. The van der Waals surface area contributed by atoms with Gasteiger partial charge in [-0.05, 0) is 38.5 Å². The predicted octanol–water partition coefficient (Wildman–Crippen LogP) is 1.33. The molecular weight excluding hydrogens is 509 g/mol. The molecule has 2 heterocycles. The van der Waals surface area contributed by atoms with Crippen molar-refractivity contribution in [3.05, 3.63) is 29.8 Å². The van der Waals surface area contributed by atoms with E-state index in [4.69, 9.17) is 9.88 Å². The Morgan fingerprint density at radius 3 is 2.52 bits per heavy atom. The maximum Gasteiger partial charge on any atom is 0.410 e. The number of aliphatic imine (C=N–C) groups is 1. The number of rotatable bonds is 3. The van der Waals surface area contributed by atoms with Crippen molar-refractivity contribution in [2.45, 2.75) is 43.9 Å². The molecule has 1 atom stereocenters. The normalized spacial score (nSPS) is 19.2. The molecule has 29 heavy (non-hydrogen) atoms. The van der Waals surface area contributed by atoms with Gasteiger partial charge in [0, 0.05) is 26.2 Å². The number of guanidine groups is 1. The molecule has 1 amide bonds. The van der Waals surface area contributed by atoms with Gasteiger partial charge in [-0.25, -0.2) is 18.4 Å². The lowest BCUT2D eigenvalue weighted by atomic mass is 10.2. The molecule has 1 aromatic rings. The molecule has 0 bridgehead atoms. The fraction of sp³-hybridized carbons (Fsp3) is 0.556. The van der Waals surface area contributed by atoms with E-state index >= 15 is 0 Å². The number of primary sulfonamides is 1. The summed E-state index contributed by atoms with van der Waals surface area (Å²) < 4.78 is 28.1. The van der Waals surface area contributed by atoms with Crippen molar-refractivity contribution in [3.63, 3.8) is 0 Å². The van der Waals surface area contributed by atoms with Crippen molar-refractivity contribution in [2.24, 2.45) is 10.1 Å². The third kappa shape index (κ3) is 6.19. The van der Waals surface area contributed by atoms with E-state index in [0.717, 1.165) is 11.5 Å². The summed E-state index contributed by atoms with van der Waals surface area (Å²) >= 11 is 0. The van der Waals surface area contributed by atoms with Gasteiger partial charge >= 0.3 is 6.09 Å². The summed E-state index contributed by atoms with van der Waals surface area (Å²) in [4.78, 5) is 20.8. The van der Waals surface area contributed by atoms with Crippen LogP contribution in [0.4, 0.5) is 4.79 Å². The Morgan fingerprint density at radius 1 is 1.28 bits per heavy atom. The molecular formula is C18H28IN5O4S. The molecule has 0 radical (unpaired) electrons. The van der Waals surface area contributed by atoms with Crippen LogP contribution in [0.5, 0.6) is 0 Å². The first kappa shape index (κ1) is 23.7.